The third-order valence-electron chi connectivity index (χ3n) is 10.6. The molecule has 42 heavy (non-hydrogen) atoms. The first-order valence-corrected chi connectivity index (χ1v) is 16.1. The average molecular weight is 569 g/mol. The van der Waals surface area contributed by atoms with Crippen LogP contribution in [0.5, 0.6) is 0 Å². The molecule has 4 fully saturated rings. The van der Waals surface area contributed by atoms with Gasteiger partial charge in [0.1, 0.15) is 11.2 Å². The van der Waals surface area contributed by atoms with Gasteiger partial charge in [-0.25, -0.2) is 0 Å². The summed E-state index contributed by atoms with van der Waals surface area (Å²) >= 11 is 0. The third-order valence-corrected chi connectivity index (χ3v) is 10.6. The van der Waals surface area contributed by atoms with E-state index in [4.69, 9.17) is 9.47 Å². The van der Waals surface area contributed by atoms with E-state index in [0.29, 0.717) is 0 Å². The van der Waals surface area contributed by atoms with Gasteiger partial charge in [-0.2, -0.15) is 0 Å². The molecule has 2 heteroatoms. The number of hydrogen-bond acceptors (Lipinski definition) is 2. The van der Waals surface area contributed by atoms with Gasteiger partial charge in [-0.1, -0.05) is 123 Å². The summed E-state index contributed by atoms with van der Waals surface area (Å²) in [6.07, 6.45) is 37.8. The highest BCUT2D eigenvalue weighted by Gasteiger charge is 2.73. The monoisotopic (exact) mass is 568 g/mol. The van der Waals surface area contributed by atoms with Crippen LogP contribution in [0.1, 0.15) is 108 Å². The van der Waals surface area contributed by atoms with Gasteiger partial charge in [0.2, 0.25) is 0 Å². The minimum Gasteiger partial charge on any atom is -0.358 e. The van der Waals surface area contributed by atoms with Crippen LogP contribution in [-0.2, 0) is 9.47 Å². The van der Waals surface area contributed by atoms with Crippen molar-refractivity contribution in [2.75, 3.05) is 0 Å². The predicted octanol–water partition coefficient (Wildman–Crippen LogP) is 11.0. The van der Waals surface area contributed by atoms with Crippen LogP contribution in [0.2, 0.25) is 0 Å². The van der Waals surface area contributed by atoms with Crippen LogP contribution in [0.25, 0.3) is 0 Å². The van der Waals surface area contributed by atoms with Gasteiger partial charge in [0.25, 0.3) is 0 Å². The van der Waals surface area contributed by atoms with E-state index in [-0.39, 0.29) is 33.2 Å². The van der Waals surface area contributed by atoms with Crippen LogP contribution in [0.15, 0.2) is 107 Å². The fraction of sp³-hybridized carbons (Fsp3) is 0.550. The second-order valence-electron chi connectivity index (χ2n) is 15.0. The molecular weight excluding hydrogens is 512 g/mol. The van der Waals surface area contributed by atoms with Crippen molar-refractivity contribution < 1.29 is 9.47 Å². The maximum Gasteiger partial charge on any atom is 0.121 e. The molecular formula is C40H56O2. The summed E-state index contributed by atoms with van der Waals surface area (Å²) in [5.41, 5.74) is 5.11. The summed E-state index contributed by atoms with van der Waals surface area (Å²) in [7, 11) is 0. The van der Waals surface area contributed by atoms with Crippen LogP contribution in [0.3, 0.4) is 0 Å². The Balaban J connectivity index is 1.25. The number of fused-ring (bicyclic) bond motifs is 2. The number of rotatable bonds is 10. The van der Waals surface area contributed by atoms with Gasteiger partial charge in [-0.05, 0) is 92.2 Å². The Hall–Kier alpha value is -2.42. The molecule has 2 nitrogen and oxygen atoms in total. The second kappa shape index (κ2) is 11.9. The molecule has 2 heterocycles. The molecule has 2 aliphatic heterocycles. The molecule has 228 valence electrons. The first-order chi connectivity index (χ1) is 19.6. The van der Waals surface area contributed by atoms with Gasteiger partial charge >= 0.3 is 0 Å². The second-order valence-corrected chi connectivity index (χ2v) is 15.0. The Morgan fingerprint density at radius 1 is 0.452 bits per heavy atom. The number of allylic oxidation sites excluding steroid dienone is 16. The van der Waals surface area contributed by atoms with Gasteiger partial charge in [0.05, 0.1) is 11.2 Å². The van der Waals surface area contributed by atoms with Crippen molar-refractivity contribution in [3.05, 3.63) is 107 Å². The lowest BCUT2D eigenvalue weighted by atomic mass is 9.64. The zero-order chi connectivity index (χ0) is 30.9. The Morgan fingerprint density at radius 2 is 0.786 bits per heavy atom. The van der Waals surface area contributed by atoms with E-state index in [1.807, 2.05) is 0 Å². The van der Waals surface area contributed by atoms with Gasteiger partial charge < -0.3 is 9.47 Å². The van der Waals surface area contributed by atoms with E-state index >= 15 is 0 Å². The SMILES string of the molecule is CC(=C/C=C/C=C(C)/C=C/C=C(C)/C=C/[C@]12O[C@@]1(C)CCCC2(C)C)/C=C/C=C(C)/C=C/[C@]12O[C@@]1(C)CCCC2(C)C. The molecule has 0 radical (unpaired) electrons. The molecule has 0 aromatic rings. The fourth-order valence-corrected chi connectivity index (χ4v) is 7.66. The van der Waals surface area contributed by atoms with E-state index in [2.05, 4.69) is 154 Å². The van der Waals surface area contributed by atoms with Crippen molar-refractivity contribution in [3.8, 4) is 0 Å². The molecule has 0 aromatic heterocycles. The maximum absolute atomic E-state index is 6.34. The molecule has 0 spiro atoms. The van der Waals surface area contributed by atoms with Crippen molar-refractivity contribution in [2.24, 2.45) is 10.8 Å². The highest BCUT2D eigenvalue weighted by atomic mass is 16.6. The van der Waals surface area contributed by atoms with Crippen LogP contribution < -0.4 is 0 Å². The number of hydrogen-bond donors (Lipinski definition) is 0. The highest BCUT2D eigenvalue weighted by Crippen LogP contribution is 2.67. The van der Waals surface area contributed by atoms with E-state index < -0.39 is 0 Å². The Bertz CT molecular complexity index is 1200. The van der Waals surface area contributed by atoms with Crippen LogP contribution in [0, 0.1) is 10.8 Å². The maximum atomic E-state index is 6.34. The lowest BCUT2D eigenvalue weighted by Gasteiger charge is -2.36. The Labute approximate surface area is 257 Å². The quantitative estimate of drug-likeness (QED) is 0.193. The molecule has 2 saturated carbocycles. The molecule has 4 atom stereocenters. The molecule has 4 rings (SSSR count). The van der Waals surface area contributed by atoms with Crippen molar-refractivity contribution in [1.82, 2.24) is 0 Å². The van der Waals surface area contributed by atoms with Crippen molar-refractivity contribution in [2.45, 2.75) is 130 Å². The van der Waals surface area contributed by atoms with Gasteiger partial charge in [-0.3, -0.25) is 0 Å². The zero-order valence-electron chi connectivity index (χ0n) is 28.1. The Kier molecular flexibility index (Phi) is 9.23. The van der Waals surface area contributed by atoms with Crippen LogP contribution >= 0.6 is 0 Å². The first-order valence-electron chi connectivity index (χ1n) is 16.1. The number of ether oxygens (including phenoxy) is 2. The van der Waals surface area contributed by atoms with Crippen LogP contribution in [-0.4, -0.2) is 22.4 Å². The summed E-state index contributed by atoms with van der Waals surface area (Å²) in [6, 6.07) is 0. The lowest BCUT2D eigenvalue weighted by molar-refractivity contribution is 0.166. The zero-order valence-corrected chi connectivity index (χ0v) is 28.1. The van der Waals surface area contributed by atoms with E-state index in [0.717, 1.165) is 12.8 Å². The third kappa shape index (κ3) is 6.41. The summed E-state index contributed by atoms with van der Waals surface area (Å²) in [5, 5.41) is 0. The average Bonchev–Trinajstić information content (AvgIpc) is 3.75. The van der Waals surface area contributed by atoms with Crippen molar-refractivity contribution in [1.29, 1.82) is 0 Å². The predicted molar refractivity (Wildman–Crippen MR) is 180 cm³/mol. The van der Waals surface area contributed by atoms with Gasteiger partial charge in [-0.15, -0.1) is 0 Å². The van der Waals surface area contributed by atoms with Gasteiger partial charge in [0, 0.05) is 10.8 Å². The molecule has 0 amide bonds. The minimum absolute atomic E-state index is 0.0169. The van der Waals surface area contributed by atoms with E-state index in [1.54, 1.807) is 0 Å². The first kappa shape index (κ1) is 32.5. The minimum atomic E-state index is -0.106. The fourth-order valence-electron chi connectivity index (χ4n) is 7.66. The van der Waals surface area contributed by atoms with Gasteiger partial charge in [0.15, 0.2) is 0 Å². The largest absolute Gasteiger partial charge is 0.358 e. The van der Waals surface area contributed by atoms with E-state index in [1.165, 1.54) is 48.0 Å². The Morgan fingerprint density at radius 3 is 1.14 bits per heavy atom. The lowest BCUT2D eigenvalue weighted by Crippen LogP contribution is -2.41. The summed E-state index contributed by atoms with van der Waals surface area (Å²) in [5.74, 6) is 0. The smallest absolute Gasteiger partial charge is 0.121 e. The molecule has 4 aliphatic rings. The molecule has 0 unspecified atom stereocenters. The standard InChI is InChI=1S/C40H56O2/c1-31(19-13-21-33(3)23-29-39-35(5,6)25-15-27-37(39,9)41-39)17-11-12-18-32(2)20-14-22-34(4)24-30-40-36(7,8)26-16-28-38(40,10)42-40/h11-14,17-24,29-30H,15-16,25-28H2,1-10H3/b12-11+,19-13+,20-14+,29-23+,30-24+,31-17-,32-18+,33-21+,34-22+/t37-,38-,39+,40+/m0/s1. The summed E-state index contributed by atoms with van der Waals surface area (Å²) < 4.78 is 12.7. The van der Waals surface area contributed by atoms with E-state index in [9.17, 15) is 0 Å². The molecule has 0 bridgehead atoms. The molecule has 0 aromatic carbocycles. The summed E-state index contributed by atoms with van der Waals surface area (Å²) in [6.45, 7) is 22.5. The molecule has 2 aliphatic carbocycles. The number of epoxide rings is 2. The molecule has 2 saturated heterocycles. The van der Waals surface area contributed by atoms with Crippen LogP contribution in [0.4, 0.5) is 0 Å². The van der Waals surface area contributed by atoms with Crippen molar-refractivity contribution >= 4 is 0 Å². The molecule has 0 N–H and O–H groups in total. The normalized spacial score (nSPS) is 36.9. The van der Waals surface area contributed by atoms with Crippen molar-refractivity contribution in [3.63, 3.8) is 0 Å². The highest BCUT2D eigenvalue weighted by molar-refractivity contribution is 5.37. The topological polar surface area (TPSA) is 25.1 Å². The summed E-state index contributed by atoms with van der Waals surface area (Å²) in [4.78, 5) is 0.